The predicted octanol–water partition coefficient (Wildman–Crippen LogP) is 3.58. The molecule has 4 nitrogen and oxygen atoms in total. The van der Waals surface area contributed by atoms with Crippen molar-refractivity contribution in [2.75, 3.05) is 0 Å². The lowest BCUT2D eigenvalue weighted by molar-refractivity contribution is -0.112. The summed E-state index contributed by atoms with van der Waals surface area (Å²) in [5, 5.41) is 15.3. The number of rotatable bonds is 1. The van der Waals surface area contributed by atoms with Gasteiger partial charge in [0.05, 0.1) is 6.10 Å². The van der Waals surface area contributed by atoms with Crippen LogP contribution in [0.1, 0.15) is 71.6 Å². The largest absolute Gasteiger partial charge is 0.393 e. The Bertz CT molecular complexity index is 593. The van der Waals surface area contributed by atoms with Crippen LogP contribution >= 0.6 is 12.2 Å². The third-order valence-corrected chi connectivity index (χ3v) is 8.86. The van der Waals surface area contributed by atoms with Crippen molar-refractivity contribution in [2.24, 2.45) is 45.3 Å². The van der Waals surface area contributed by atoms with Crippen molar-refractivity contribution in [3.8, 4) is 0 Å². The van der Waals surface area contributed by atoms with Gasteiger partial charge in [-0.25, -0.2) is 0 Å². The molecule has 0 saturated heterocycles. The minimum atomic E-state index is -0.0692. The van der Waals surface area contributed by atoms with Gasteiger partial charge in [0.25, 0.3) is 0 Å². The first kappa shape index (κ1) is 17.7. The Kier molecular flexibility index (Phi) is 4.39. The van der Waals surface area contributed by atoms with Gasteiger partial charge in [-0.1, -0.05) is 13.8 Å². The third-order valence-electron chi connectivity index (χ3n) is 8.77. The summed E-state index contributed by atoms with van der Waals surface area (Å²) in [5.74, 6) is 3.14. The molecule has 0 spiro atoms. The summed E-state index contributed by atoms with van der Waals surface area (Å²) in [7, 11) is 0. The Balaban J connectivity index is 1.53. The molecule has 5 heteroatoms. The maximum absolute atomic E-state index is 10.6. The lowest BCUT2D eigenvalue weighted by Crippen LogP contribution is -2.54. The second-order valence-electron chi connectivity index (χ2n) is 9.65. The highest BCUT2D eigenvalue weighted by atomic mass is 32.1. The second-order valence-corrected chi connectivity index (χ2v) is 10.1. The SMILES string of the molecule is C[C@]12CC[C@H]3[C@H](CC[C@H]4C/C(=N/NC(N)=S)CC[C@@]43C)[C@H]1CC[C@@H]2O. The van der Waals surface area contributed by atoms with E-state index in [2.05, 4.69) is 24.4 Å². The van der Waals surface area contributed by atoms with Crippen LogP contribution in [0.2, 0.25) is 0 Å². The zero-order valence-electron chi connectivity index (χ0n) is 15.6. The van der Waals surface area contributed by atoms with E-state index in [0.717, 1.165) is 42.9 Å². The summed E-state index contributed by atoms with van der Waals surface area (Å²) < 4.78 is 0. The smallest absolute Gasteiger partial charge is 0.184 e. The summed E-state index contributed by atoms with van der Waals surface area (Å²) >= 11 is 4.88. The Morgan fingerprint density at radius 1 is 1.12 bits per heavy atom. The van der Waals surface area contributed by atoms with Crippen LogP contribution in [0.15, 0.2) is 5.10 Å². The zero-order valence-corrected chi connectivity index (χ0v) is 16.4. The maximum atomic E-state index is 10.6. The van der Waals surface area contributed by atoms with Crippen molar-refractivity contribution < 1.29 is 5.11 Å². The molecule has 140 valence electrons. The van der Waals surface area contributed by atoms with Crippen molar-refractivity contribution in [2.45, 2.75) is 77.7 Å². The first-order valence-corrected chi connectivity index (χ1v) is 10.5. The Morgan fingerprint density at radius 2 is 1.88 bits per heavy atom. The topological polar surface area (TPSA) is 70.6 Å². The molecular weight excluding hydrogens is 330 g/mol. The van der Waals surface area contributed by atoms with Gasteiger partial charge in [-0.15, -0.1) is 0 Å². The van der Waals surface area contributed by atoms with Crippen molar-refractivity contribution in [3.05, 3.63) is 0 Å². The number of thiocarbonyl (C=S) groups is 1. The molecule has 4 saturated carbocycles. The summed E-state index contributed by atoms with van der Waals surface area (Å²) in [6.07, 6.45) is 10.8. The minimum absolute atomic E-state index is 0.0692. The van der Waals surface area contributed by atoms with Gasteiger partial charge in [0.2, 0.25) is 0 Å². The summed E-state index contributed by atoms with van der Waals surface area (Å²) in [6, 6.07) is 0. The van der Waals surface area contributed by atoms with Crippen LogP contribution < -0.4 is 11.2 Å². The molecular formula is C20H33N3OS. The van der Waals surface area contributed by atoms with Gasteiger partial charge in [-0.2, -0.15) is 5.10 Å². The normalized spacial score (nSPS) is 50.7. The fourth-order valence-electron chi connectivity index (χ4n) is 7.27. The van der Waals surface area contributed by atoms with Gasteiger partial charge in [-0.3, -0.25) is 5.43 Å². The maximum Gasteiger partial charge on any atom is 0.184 e. The number of fused-ring (bicyclic) bond motifs is 5. The number of nitrogens with one attached hydrogen (secondary N) is 1. The van der Waals surface area contributed by atoms with E-state index >= 15 is 0 Å². The monoisotopic (exact) mass is 363 g/mol. The van der Waals surface area contributed by atoms with Crippen LogP contribution in [-0.4, -0.2) is 22.0 Å². The number of hydrogen-bond acceptors (Lipinski definition) is 3. The van der Waals surface area contributed by atoms with Crippen molar-refractivity contribution in [1.82, 2.24) is 5.43 Å². The average Bonchev–Trinajstić information content (AvgIpc) is 2.88. The van der Waals surface area contributed by atoms with E-state index in [-0.39, 0.29) is 16.6 Å². The standard InChI is InChI=1S/C20H33N3OS/c1-19-9-7-13(22-23-18(21)25)11-12(19)3-4-14-15-5-6-17(24)20(15,2)10-8-16(14)19/h12,14-17,24H,3-11H2,1-2H3,(H3,21,23,25)/b22-13+/t12-,14+,15+,16-,17-,19-,20-/m0/s1. The summed E-state index contributed by atoms with van der Waals surface area (Å²) in [5.41, 5.74) is 10.2. The fourth-order valence-corrected chi connectivity index (χ4v) is 7.31. The zero-order chi connectivity index (χ0) is 17.8. The van der Waals surface area contributed by atoms with E-state index in [9.17, 15) is 5.11 Å². The van der Waals surface area contributed by atoms with E-state index in [1.165, 1.54) is 44.2 Å². The highest BCUT2D eigenvalue weighted by molar-refractivity contribution is 7.80. The lowest BCUT2D eigenvalue weighted by Gasteiger charge is -2.60. The first-order chi connectivity index (χ1) is 11.8. The van der Waals surface area contributed by atoms with E-state index in [1.54, 1.807) is 0 Å². The number of aliphatic hydroxyl groups is 1. The van der Waals surface area contributed by atoms with E-state index in [1.807, 2.05) is 0 Å². The molecule has 0 unspecified atom stereocenters. The Labute approximate surface area is 157 Å². The molecule has 0 amide bonds. The average molecular weight is 364 g/mol. The number of aliphatic hydroxyl groups excluding tert-OH is 1. The predicted molar refractivity (Wildman–Crippen MR) is 105 cm³/mol. The van der Waals surface area contributed by atoms with Gasteiger partial charge < -0.3 is 10.8 Å². The minimum Gasteiger partial charge on any atom is -0.393 e. The highest BCUT2D eigenvalue weighted by Crippen LogP contribution is 2.65. The number of nitrogens with zero attached hydrogens (tertiary/aromatic N) is 1. The molecule has 4 aliphatic carbocycles. The van der Waals surface area contributed by atoms with Gasteiger partial charge in [0.1, 0.15) is 0 Å². The quantitative estimate of drug-likeness (QED) is 0.492. The fraction of sp³-hybridized carbons (Fsp3) is 0.900. The molecule has 4 N–H and O–H groups in total. The molecule has 0 radical (unpaired) electrons. The van der Waals surface area contributed by atoms with E-state index < -0.39 is 0 Å². The Morgan fingerprint density at radius 3 is 2.64 bits per heavy atom. The second kappa shape index (κ2) is 6.19. The van der Waals surface area contributed by atoms with Crippen LogP contribution in [0.3, 0.4) is 0 Å². The van der Waals surface area contributed by atoms with Crippen LogP contribution in [0.5, 0.6) is 0 Å². The molecule has 0 aliphatic heterocycles. The van der Waals surface area contributed by atoms with Gasteiger partial charge in [0, 0.05) is 5.71 Å². The third kappa shape index (κ3) is 2.73. The van der Waals surface area contributed by atoms with Crippen LogP contribution in [0, 0.1) is 34.5 Å². The lowest BCUT2D eigenvalue weighted by atomic mass is 9.45. The van der Waals surface area contributed by atoms with Gasteiger partial charge in [0.15, 0.2) is 5.11 Å². The summed E-state index contributed by atoms with van der Waals surface area (Å²) in [6.45, 7) is 4.92. The van der Waals surface area contributed by atoms with Crippen LogP contribution in [0.4, 0.5) is 0 Å². The van der Waals surface area contributed by atoms with E-state index in [4.69, 9.17) is 18.0 Å². The molecule has 0 aromatic carbocycles. The molecule has 4 fully saturated rings. The number of hydrogen-bond donors (Lipinski definition) is 3. The van der Waals surface area contributed by atoms with Crippen LogP contribution in [0.25, 0.3) is 0 Å². The number of nitrogens with two attached hydrogens (primary N) is 1. The van der Waals surface area contributed by atoms with Gasteiger partial charge >= 0.3 is 0 Å². The Hall–Kier alpha value is -0.680. The molecule has 0 bridgehead atoms. The van der Waals surface area contributed by atoms with Crippen molar-refractivity contribution in [1.29, 1.82) is 0 Å². The molecule has 7 atom stereocenters. The molecule has 0 heterocycles. The first-order valence-electron chi connectivity index (χ1n) is 10.1. The molecule has 0 aromatic rings. The highest BCUT2D eigenvalue weighted by Gasteiger charge is 2.59. The number of hydrazone groups is 1. The van der Waals surface area contributed by atoms with Crippen LogP contribution in [-0.2, 0) is 0 Å². The van der Waals surface area contributed by atoms with Crippen molar-refractivity contribution >= 4 is 23.0 Å². The van der Waals surface area contributed by atoms with Gasteiger partial charge in [-0.05, 0) is 105 Å². The molecule has 0 aromatic heterocycles. The molecule has 4 rings (SSSR count). The summed E-state index contributed by atoms with van der Waals surface area (Å²) in [4.78, 5) is 0. The van der Waals surface area contributed by atoms with E-state index in [0.29, 0.717) is 5.41 Å². The molecule has 25 heavy (non-hydrogen) atoms. The van der Waals surface area contributed by atoms with Crippen molar-refractivity contribution in [3.63, 3.8) is 0 Å². The molecule has 4 aliphatic rings.